The summed E-state index contributed by atoms with van der Waals surface area (Å²) in [5.74, 6) is -0.543. The molecule has 0 aromatic rings. The third-order valence-electron chi connectivity index (χ3n) is 16.0. The highest BCUT2D eigenvalue weighted by Crippen LogP contribution is 2.45. The quantitative estimate of drug-likeness (QED) is 0.0222. The normalized spacial score (nSPS) is 14.2. The van der Waals surface area contributed by atoms with Crippen molar-refractivity contribution in [1.29, 1.82) is 0 Å². The predicted octanol–water partition coefficient (Wildman–Crippen LogP) is 19.6. The molecule has 0 fully saturated rings. The van der Waals surface area contributed by atoms with Crippen LogP contribution < -0.4 is 0 Å². The molecule has 0 saturated heterocycles. The maximum atomic E-state index is 13.0. The standard InChI is InChI=1S/C69H134O17P2/c1-7-9-11-13-14-27-35-41-47-53-68(73)85-64(57-79-66(71)51-45-37-12-10-8-2)59-83-87(75,76)81-55-63(70)56-82-88(77,78)84-60-65(86-69(74)54-48-42-36-31-26-22-18-16-20-24-29-33-39-44-50-62(5)6)58-80-67(72)52-46-40-34-30-25-21-17-15-19-23-28-32-38-43-49-61(3)4/h61-65,70H,7-60H2,1-6H3,(H,75,76)(H,77,78)/t63-,64+,65+/m0/s1. The van der Waals surface area contributed by atoms with E-state index >= 15 is 0 Å². The number of aliphatic hydroxyl groups excluding tert-OH is 1. The van der Waals surface area contributed by atoms with E-state index in [0.29, 0.717) is 25.7 Å². The van der Waals surface area contributed by atoms with Crippen LogP contribution in [-0.4, -0.2) is 96.7 Å². The lowest BCUT2D eigenvalue weighted by atomic mass is 10.0. The van der Waals surface area contributed by atoms with Crippen molar-refractivity contribution in [3.8, 4) is 0 Å². The Morgan fingerprint density at radius 3 is 0.773 bits per heavy atom. The number of esters is 4. The third-order valence-corrected chi connectivity index (χ3v) is 17.9. The Labute approximate surface area is 537 Å². The van der Waals surface area contributed by atoms with E-state index in [9.17, 15) is 43.2 Å². The van der Waals surface area contributed by atoms with Crippen molar-refractivity contribution in [2.24, 2.45) is 11.8 Å². The molecule has 0 saturated carbocycles. The number of phosphoric ester groups is 2. The number of rotatable bonds is 68. The molecule has 17 nitrogen and oxygen atoms in total. The van der Waals surface area contributed by atoms with Crippen molar-refractivity contribution in [1.82, 2.24) is 0 Å². The maximum Gasteiger partial charge on any atom is 0.472 e. The van der Waals surface area contributed by atoms with Gasteiger partial charge in [0.25, 0.3) is 0 Å². The zero-order valence-electron chi connectivity index (χ0n) is 57.0. The highest BCUT2D eigenvalue weighted by molar-refractivity contribution is 7.47. The molecule has 88 heavy (non-hydrogen) atoms. The van der Waals surface area contributed by atoms with Gasteiger partial charge in [-0.15, -0.1) is 0 Å². The number of hydrogen-bond donors (Lipinski definition) is 3. The topological polar surface area (TPSA) is 237 Å². The lowest BCUT2D eigenvalue weighted by Crippen LogP contribution is -2.30. The molecule has 5 atom stereocenters. The first-order valence-corrected chi connectivity index (χ1v) is 39.0. The number of hydrogen-bond acceptors (Lipinski definition) is 15. The summed E-state index contributed by atoms with van der Waals surface area (Å²) in [4.78, 5) is 72.1. The number of unbranched alkanes of at least 4 members (excludes halogenated alkanes) is 38. The van der Waals surface area contributed by atoms with Crippen LogP contribution in [0.3, 0.4) is 0 Å². The Kier molecular flexibility index (Phi) is 59.9. The molecule has 0 aliphatic rings. The maximum absolute atomic E-state index is 13.0. The van der Waals surface area contributed by atoms with Gasteiger partial charge in [0, 0.05) is 25.7 Å². The van der Waals surface area contributed by atoms with Crippen LogP contribution in [0.4, 0.5) is 0 Å². The van der Waals surface area contributed by atoms with E-state index in [1.807, 2.05) is 0 Å². The van der Waals surface area contributed by atoms with Gasteiger partial charge in [-0.05, 0) is 37.5 Å². The highest BCUT2D eigenvalue weighted by atomic mass is 31.2. The molecule has 0 amide bonds. The molecule has 522 valence electrons. The molecule has 0 radical (unpaired) electrons. The predicted molar refractivity (Wildman–Crippen MR) is 354 cm³/mol. The van der Waals surface area contributed by atoms with Gasteiger partial charge in [-0.25, -0.2) is 9.13 Å². The van der Waals surface area contributed by atoms with E-state index in [1.54, 1.807) is 0 Å². The van der Waals surface area contributed by atoms with Crippen molar-refractivity contribution in [3.05, 3.63) is 0 Å². The summed E-state index contributed by atoms with van der Waals surface area (Å²) in [7, 11) is -9.88. The summed E-state index contributed by atoms with van der Waals surface area (Å²) in [6.45, 7) is 9.48. The smallest absolute Gasteiger partial charge is 0.462 e. The van der Waals surface area contributed by atoms with Crippen LogP contribution >= 0.6 is 15.6 Å². The second kappa shape index (κ2) is 61.3. The zero-order chi connectivity index (χ0) is 65.0. The highest BCUT2D eigenvalue weighted by Gasteiger charge is 2.30. The van der Waals surface area contributed by atoms with Crippen LogP contribution in [0.25, 0.3) is 0 Å². The van der Waals surface area contributed by atoms with E-state index in [-0.39, 0.29) is 25.7 Å². The summed E-state index contributed by atoms with van der Waals surface area (Å²) in [6.07, 6.45) is 46.2. The van der Waals surface area contributed by atoms with Crippen molar-refractivity contribution in [2.45, 2.75) is 368 Å². The number of carbonyl (C=O) groups is 4. The van der Waals surface area contributed by atoms with Gasteiger partial charge in [0.1, 0.15) is 19.3 Å². The Morgan fingerprint density at radius 1 is 0.307 bits per heavy atom. The van der Waals surface area contributed by atoms with E-state index in [4.69, 9.17) is 37.0 Å². The molecule has 0 rings (SSSR count). The molecule has 3 N–H and O–H groups in total. The average molecular weight is 1300 g/mol. The molecule has 0 aromatic heterocycles. The summed E-state index contributed by atoms with van der Waals surface area (Å²) < 4.78 is 68.0. The lowest BCUT2D eigenvalue weighted by molar-refractivity contribution is -0.161. The van der Waals surface area contributed by atoms with E-state index in [1.165, 1.54) is 161 Å². The van der Waals surface area contributed by atoms with Gasteiger partial charge in [0.2, 0.25) is 0 Å². The number of carbonyl (C=O) groups excluding carboxylic acids is 4. The molecule has 0 bridgehead atoms. The molecular weight excluding hydrogens is 1160 g/mol. The van der Waals surface area contributed by atoms with Gasteiger partial charge in [0.05, 0.1) is 26.4 Å². The zero-order valence-corrected chi connectivity index (χ0v) is 58.8. The van der Waals surface area contributed by atoms with Gasteiger partial charge in [-0.3, -0.25) is 37.3 Å². The summed E-state index contributed by atoms with van der Waals surface area (Å²) >= 11 is 0. The monoisotopic (exact) mass is 1300 g/mol. The summed E-state index contributed by atoms with van der Waals surface area (Å²) in [6, 6.07) is 0. The van der Waals surface area contributed by atoms with E-state index in [0.717, 1.165) is 108 Å². The van der Waals surface area contributed by atoms with Crippen LogP contribution in [0.1, 0.15) is 350 Å². The second-order valence-corrected chi connectivity index (χ2v) is 28.8. The van der Waals surface area contributed by atoms with Gasteiger partial charge < -0.3 is 33.8 Å². The molecule has 0 spiro atoms. The molecule has 0 aliphatic carbocycles. The fourth-order valence-electron chi connectivity index (χ4n) is 10.4. The van der Waals surface area contributed by atoms with Crippen LogP contribution in [0.5, 0.6) is 0 Å². The Balaban J connectivity index is 5.14. The van der Waals surface area contributed by atoms with E-state index in [2.05, 4.69) is 41.5 Å². The molecule has 0 aromatic carbocycles. The van der Waals surface area contributed by atoms with Gasteiger partial charge >= 0.3 is 39.5 Å². The molecule has 19 heteroatoms. The van der Waals surface area contributed by atoms with E-state index < -0.39 is 97.5 Å². The van der Waals surface area contributed by atoms with Crippen LogP contribution in [0, 0.1) is 11.8 Å². The summed E-state index contributed by atoms with van der Waals surface area (Å²) in [5, 5.41) is 10.5. The van der Waals surface area contributed by atoms with Gasteiger partial charge in [0.15, 0.2) is 12.2 Å². The Bertz CT molecular complexity index is 1720. The second-order valence-electron chi connectivity index (χ2n) is 25.9. The van der Waals surface area contributed by atoms with Crippen LogP contribution in [0.15, 0.2) is 0 Å². The van der Waals surface area contributed by atoms with Gasteiger partial charge in [-0.1, -0.05) is 298 Å². The first-order chi connectivity index (χ1) is 42.4. The number of aliphatic hydroxyl groups is 1. The first kappa shape index (κ1) is 86.1. The van der Waals surface area contributed by atoms with Crippen molar-refractivity contribution < 1.29 is 80.2 Å². The minimum absolute atomic E-state index is 0.105. The number of phosphoric acid groups is 2. The molecular formula is C69H134O17P2. The fourth-order valence-corrected chi connectivity index (χ4v) is 12.0. The van der Waals surface area contributed by atoms with Crippen molar-refractivity contribution in [3.63, 3.8) is 0 Å². The van der Waals surface area contributed by atoms with Crippen molar-refractivity contribution in [2.75, 3.05) is 39.6 Å². The summed E-state index contributed by atoms with van der Waals surface area (Å²) in [5.41, 5.74) is 0. The first-order valence-electron chi connectivity index (χ1n) is 36.0. The molecule has 0 aliphatic heterocycles. The SMILES string of the molecule is CCCCCCCCCCCC(=O)O[C@H](COC(=O)CCCCCCC)COP(=O)(O)OC[C@H](O)COP(=O)(O)OC[C@@H](COC(=O)CCCCCCCCCCCCCCCCC(C)C)OC(=O)CCCCCCCCCCCCCCCCC(C)C. The lowest BCUT2D eigenvalue weighted by Gasteiger charge is -2.21. The fraction of sp³-hybridized carbons (Fsp3) is 0.942. The minimum atomic E-state index is -4.95. The van der Waals surface area contributed by atoms with Crippen LogP contribution in [-0.2, 0) is 65.4 Å². The van der Waals surface area contributed by atoms with Crippen molar-refractivity contribution >= 4 is 39.5 Å². The number of ether oxygens (including phenoxy) is 4. The molecule has 2 unspecified atom stereocenters. The average Bonchev–Trinajstić information content (AvgIpc) is 3.49. The Hall–Kier alpha value is -1.94. The third kappa shape index (κ3) is 62.8. The van der Waals surface area contributed by atoms with Crippen LogP contribution in [0.2, 0.25) is 0 Å². The largest absolute Gasteiger partial charge is 0.472 e. The minimum Gasteiger partial charge on any atom is -0.462 e. The van der Waals surface area contributed by atoms with Gasteiger partial charge in [-0.2, -0.15) is 0 Å². The Morgan fingerprint density at radius 2 is 0.523 bits per heavy atom. The molecule has 0 heterocycles.